The first-order chi connectivity index (χ1) is 62.5. The molecule has 12 rings (SSSR count). The van der Waals surface area contributed by atoms with E-state index in [1.54, 1.807) is 13.8 Å². The van der Waals surface area contributed by atoms with Gasteiger partial charge in [0.2, 0.25) is 59.3 Å². The van der Waals surface area contributed by atoms with Crippen LogP contribution >= 0.6 is 46.0 Å². The molecule has 2 fully saturated rings. The number of nitrogens with two attached hydrogens (primary N) is 1. The van der Waals surface area contributed by atoms with Crippen molar-refractivity contribution in [2.45, 2.75) is 233 Å². The maximum absolute atomic E-state index is 16.4. The molecule has 732 valence electrons. The van der Waals surface area contributed by atoms with Gasteiger partial charge in [-0.2, -0.15) is 0 Å². The Hall–Kier alpha value is -9.32. The van der Waals surface area contributed by atoms with Crippen LogP contribution in [0.15, 0.2) is 72.8 Å². The third-order valence-electron chi connectivity index (χ3n) is 23.4. The second kappa shape index (κ2) is 45.1. The number of halogens is 2. The molecule has 0 unspecified atom stereocenters. The van der Waals surface area contributed by atoms with Crippen LogP contribution in [0, 0.1) is 5.92 Å². The van der Waals surface area contributed by atoms with Crippen molar-refractivity contribution in [2.75, 3.05) is 39.6 Å². The number of hydrogen-bond acceptors (Lipinski definition) is 30. The zero-order valence-electron chi connectivity index (χ0n) is 72.8. The molecule has 50 heteroatoms. The van der Waals surface area contributed by atoms with Crippen LogP contribution in [-0.2, 0) is 77.6 Å². The third-order valence-corrected chi connectivity index (χ3v) is 28.3. The number of aliphatic carboxylic acids is 1. The molecule has 133 heavy (non-hydrogen) atoms. The lowest BCUT2D eigenvalue weighted by atomic mass is 9.82. The number of hydrogen-bond donors (Lipinski definition) is 26. The van der Waals surface area contributed by atoms with E-state index in [0.29, 0.717) is 19.0 Å². The Balaban J connectivity index is 1.19. The van der Waals surface area contributed by atoms with E-state index >= 15 is 24.0 Å². The second-order valence-corrected chi connectivity index (χ2v) is 40.2. The number of carbonyl (C=O) groups is 9. The molecule has 0 saturated carbocycles. The van der Waals surface area contributed by atoms with Crippen LogP contribution in [0.5, 0.6) is 46.0 Å². The summed E-state index contributed by atoms with van der Waals surface area (Å²) in [5.74, 6) is -19.7. The first kappa shape index (κ1) is 106. The molecule has 0 spiro atoms. The summed E-state index contributed by atoms with van der Waals surface area (Å²) in [5.41, 5.74) is -0.885. The van der Waals surface area contributed by atoms with Crippen LogP contribution in [0.1, 0.15) is 175 Å². The number of carboxylic acids is 1. The Morgan fingerprint density at radius 1 is 0.677 bits per heavy atom. The number of rotatable bonds is 34. The number of benzene rings is 5. The summed E-state index contributed by atoms with van der Waals surface area (Å²) in [5, 5.41) is 138. The number of unbranched alkanes of at least 4 members (excludes halogenated alkanes) is 7. The van der Waals surface area contributed by atoms with Gasteiger partial charge < -0.3 is 167 Å². The minimum atomic E-state index is -5.81. The van der Waals surface area contributed by atoms with Crippen molar-refractivity contribution < 1.29 is 166 Å². The number of primary amides is 1. The number of aliphatic hydroxyl groups excluding tert-OH is 6. The average Bonchev–Trinajstić information content (AvgIpc) is 0.760. The van der Waals surface area contributed by atoms with E-state index in [4.69, 9.17) is 57.4 Å². The zero-order chi connectivity index (χ0) is 98.0. The van der Waals surface area contributed by atoms with E-state index < -0.39 is 331 Å². The molecule has 27 N–H and O–H groups in total. The number of carbonyl (C=O) groups excluding carboxylic acids is 8. The van der Waals surface area contributed by atoms with Gasteiger partial charge in [0, 0.05) is 42.7 Å². The molecule has 8 amide bonds. The molecular weight excluding hydrogens is 1860 g/mol. The summed E-state index contributed by atoms with van der Waals surface area (Å²) in [7, 11) is -15.1. The molecule has 0 aromatic heterocycles. The molecule has 11 bridgehead atoms. The number of aliphatic hydroxyl groups is 6. The van der Waals surface area contributed by atoms with Crippen LogP contribution < -0.4 is 67.8 Å². The van der Waals surface area contributed by atoms with Crippen molar-refractivity contribution in [2.24, 2.45) is 11.7 Å². The average molecular weight is 1970 g/mol. The highest BCUT2D eigenvalue weighted by molar-refractivity contribution is 7.70. The van der Waals surface area contributed by atoms with E-state index in [2.05, 4.69) is 54.8 Å². The number of likely N-dealkylation sites (N-methyl/N-ethyl adjacent to an activating group) is 1. The van der Waals surface area contributed by atoms with E-state index in [9.17, 15) is 113 Å². The summed E-state index contributed by atoms with van der Waals surface area (Å²) in [4.78, 5) is 196. The molecule has 5 aromatic rings. The molecule has 7 aliphatic heterocycles. The Morgan fingerprint density at radius 2 is 1.26 bits per heavy atom. The molecule has 7 aliphatic rings. The minimum absolute atomic E-state index is 0.0903. The monoisotopic (exact) mass is 1970 g/mol. The molecule has 0 radical (unpaired) electrons. The highest BCUT2D eigenvalue weighted by atomic mass is 35.5. The number of carboxylic acid groups (broad SMARTS) is 1. The number of phenolic OH excluding ortho intramolecular Hbond substituents is 3. The summed E-state index contributed by atoms with van der Waals surface area (Å²) >= 11 is 14.3. The minimum Gasteiger partial charge on any atom is -0.507 e. The number of amides is 8. The van der Waals surface area contributed by atoms with Gasteiger partial charge in [-0.3, -0.25) is 52.1 Å². The van der Waals surface area contributed by atoms with Gasteiger partial charge in [0.25, 0.3) is 0 Å². The lowest BCUT2D eigenvalue weighted by molar-refractivity contribution is -0.337. The number of nitrogens with one attached hydrogen (secondary N) is 9. The largest absolute Gasteiger partial charge is 0.507 e. The highest BCUT2D eigenvalue weighted by Gasteiger charge is 2.56. The molecule has 7 heterocycles. The van der Waals surface area contributed by atoms with Gasteiger partial charge in [-0.15, -0.1) is 0 Å². The smallest absolute Gasteiger partial charge is 0.341 e. The summed E-state index contributed by atoms with van der Waals surface area (Å²) in [6.45, 7) is 6.16. The van der Waals surface area contributed by atoms with Gasteiger partial charge in [-0.25, -0.2) is 4.79 Å². The fourth-order valence-corrected chi connectivity index (χ4v) is 19.6. The molecule has 5 aromatic carbocycles. The zero-order valence-corrected chi connectivity index (χ0v) is 76.9. The molecule has 0 aliphatic carbocycles. The van der Waals surface area contributed by atoms with Gasteiger partial charge in [0.15, 0.2) is 35.3 Å². The van der Waals surface area contributed by atoms with E-state index in [1.807, 2.05) is 0 Å². The van der Waals surface area contributed by atoms with Crippen LogP contribution in [0.2, 0.25) is 10.0 Å². The molecule has 18 atom stereocenters. The topological polar surface area (TPSA) is 721 Å². The second-order valence-electron chi connectivity index (χ2n) is 33.7. The Bertz CT molecular complexity index is 5240. The first-order valence-electron chi connectivity index (χ1n) is 42.5. The number of aromatic hydroxyl groups is 3. The fourth-order valence-electron chi connectivity index (χ4n) is 16.3. The number of fused-ring (bicyclic) bond motifs is 15. The number of ether oxygens (including phenoxy) is 6. The van der Waals surface area contributed by atoms with Crippen molar-refractivity contribution in [1.82, 2.24) is 52.8 Å². The van der Waals surface area contributed by atoms with Crippen molar-refractivity contribution in [3.8, 4) is 57.1 Å². The summed E-state index contributed by atoms with van der Waals surface area (Å²) in [6, 6.07) is -3.81. The normalized spacial score (nSPS) is 25.6. The van der Waals surface area contributed by atoms with Crippen LogP contribution in [0.3, 0.4) is 0 Å². The maximum atomic E-state index is 16.4. The maximum Gasteiger partial charge on any atom is 0.341 e. The van der Waals surface area contributed by atoms with Gasteiger partial charge in [-0.1, -0.05) is 107 Å². The molecular formula is C83H112Cl2N11O34P3. The summed E-state index contributed by atoms with van der Waals surface area (Å²) < 4.78 is 77.0. The fraction of sp³-hybridized carbons (Fsp3) is 0.530. The van der Waals surface area contributed by atoms with Crippen LogP contribution in [0.25, 0.3) is 11.1 Å². The van der Waals surface area contributed by atoms with Gasteiger partial charge in [0.05, 0.1) is 59.0 Å². The predicted molar refractivity (Wildman–Crippen MR) is 469 cm³/mol. The van der Waals surface area contributed by atoms with Gasteiger partial charge >= 0.3 is 28.8 Å². The van der Waals surface area contributed by atoms with Crippen LogP contribution in [-0.4, -0.2) is 262 Å². The Labute approximate surface area is 771 Å². The van der Waals surface area contributed by atoms with Gasteiger partial charge in [-0.05, 0) is 123 Å². The van der Waals surface area contributed by atoms with Crippen molar-refractivity contribution in [3.63, 3.8) is 0 Å². The van der Waals surface area contributed by atoms with E-state index in [-0.39, 0.29) is 24.4 Å². The predicted octanol–water partition coefficient (Wildman–Crippen LogP) is 2.00. The number of nitrogens with zero attached hydrogens (tertiary/aromatic N) is 1. The van der Waals surface area contributed by atoms with Crippen molar-refractivity contribution in [1.29, 1.82) is 0 Å². The Morgan fingerprint density at radius 3 is 1.83 bits per heavy atom. The SMILES string of the molecule is CCCCCCCCCCNCCN(C(=O)CC(P(=O)(O)O)P(=O)(O)O)[C@@]1(C)C[C@H](O[C@H]2[C@H](Oc3c4cc5cc3Oc3ccc(cc3Cl)[C@@H](O)[C@@H](NC(=O)[C@@H](CC(C)C)NC)C(=O)N[C@@H](CC(N)=O)C(=O)N[C@H]5C(=O)N[C@H]3C(=O)N[C@H](C(=O)N[C@H](C(=O)O)c5cc(O)c(CNCP(=O)(O)O)c(O)c5-c5cc3ccc5O)[C@H](O)c3ccc(c(Cl)c3)O4)O[C@H](CO)[C@@H](O)[C@@H]2O)O[C@@H](C)[C@H]1O. The Kier molecular flexibility index (Phi) is 35.9. The number of phenols is 3. The standard InChI is InChI=1S/C83H112Cl2N11O34P3/c1-7-8-9-10-11-12-13-14-21-88-22-23-96(58(101)32-60(132(119,120)121)133(122,123)124)83(5)33-59(125-38(4)74(83)107)129-73-71(106)70(105)56(35-97)128-82(73)130-72-54-28-42-29-55(72)127-53-20-17-41(27-47(53)85)68(103)66-80(113)93-64(81(114)115)44-30-51(99)45(34-89-36-131(116,117)118)69(104)61(44)43-25-39(15-18-50(43)98)62(77(110)95-66)92-78(111)63(42)91-76(109)49(31-57(86)100)90-79(112)65(94-75(108)48(87-6)24-37(2)3)67(102)40-16-19-52(126-54)46(84)26-40/h15-20,25-30,37-38,48-49,56,59-60,62-68,70-71,73-74,82,87-89,97-99,102-107H,7-14,21-24,31-36H2,1-6H3,(H2,86,100)(H,90,112)(H,91,109)(H,92,111)(H,93,113)(H,94,108)(H,95,110)(H,114,115)(H2,116,117,118)(H2,119,120,121)(H2,122,123,124)/t38-,48+,49-,56+,59-,62+,63+,64-,65+,66-,67+,68+,70+,71-,73+,74+,82-,83-/m0/s1. The van der Waals surface area contributed by atoms with E-state index in [0.717, 1.165) is 117 Å². The molecule has 2 saturated heterocycles. The van der Waals surface area contributed by atoms with Gasteiger partial charge in [0.1, 0.15) is 95.6 Å². The third kappa shape index (κ3) is 25.9. The highest BCUT2D eigenvalue weighted by Crippen LogP contribution is 2.62. The van der Waals surface area contributed by atoms with E-state index in [1.165, 1.54) is 20.9 Å². The van der Waals surface area contributed by atoms with Crippen molar-refractivity contribution >= 4 is 99.2 Å². The quantitative estimate of drug-likeness (QED) is 0.0207. The first-order valence-corrected chi connectivity index (χ1v) is 48.5. The lowest BCUT2D eigenvalue weighted by Gasteiger charge is -2.52. The van der Waals surface area contributed by atoms with Crippen molar-refractivity contribution in [3.05, 3.63) is 116 Å². The lowest BCUT2D eigenvalue weighted by Crippen LogP contribution is -2.67. The van der Waals surface area contributed by atoms with Crippen LogP contribution in [0.4, 0.5) is 0 Å². The summed E-state index contributed by atoms with van der Waals surface area (Å²) in [6.07, 6.45) is -17.3. The molecule has 45 nitrogen and oxygen atoms in total.